The fourth-order valence-corrected chi connectivity index (χ4v) is 2.38. The van der Waals surface area contributed by atoms with Crippen molar-refractivity contribution in [3.63, 3.8) is 0 Å². The lowest BCUT2D eigenvalue weighted by atomic mass is 10.2. The SMILES string of the molecule is COc1ccc(C(=O)NCc2ccc(OCC3CC3)nc2)cc1OC(F)F. The third kappa shape index (κ3) is 5.54. The molecule has 27 heavy (non-hydrogen) atoms. The van der Waals surface area contributed by atoms with Gasteiger partial charge in [-0.3, -0.25) is 4.79 Å². The molecule has 1 amide bonds. The molecule has 0 atom stereocenters. The molecule has 1 saturated carbocycles. The van der Waals surface area contributed by atoms with Gasteiger partial charge in [0.25, 0.3) is 5.91 Å². The summed E-state index contributed by atoms with van der Waals surface area (Å²) in [5.41, 5.74) is 0.975. The Bertz CT molecular complexity index is 780. The normalized spacial score (nSPS) is 13.3. The highest BCUT2D eigenvalue weighted by Gasteiger charge is 2.22. The van der Waals surface area contributed by atoms with Crippen molar-refractivity contribution in [2.24, 2.45) is 5.92 Å². The van der Waals surface area contributed by atoms with E-state index in [0.717, 1.165) is 5.56 Å². The number of hydrogen-bond donors (Lipinski definition) is 1. The molecule has 0 saturated heterocycles. The Labute approximate surface area is 155 Å². The number of ether oxygens (including phenoxy) is 3. The van der Waals surface area contributed by atoms with Crippen LogP contribution in [0.2, 0.25) is 0 Å². The van der Waals surface area contributed by atoms with E-state index >= 15 is 0 Å². The third-order valence-electron chi connectivity index (χ3n) is 4.06. The molecule has 1 heterocycles. The molecule has 0 spiro atoms. The number of hydrogen-bond acceptors (Lipinski definition) is 5. The molecule has 6 nitrogen and oxygen atoms in total. The van der Waals surface area contributed by atoms with Crippen molar-refractivity contribution < 1.29 is 27.8 Å². The van der Waals surface area contributed by atoms with Gasteiger partial charge in [-0.1, -0.05) is 6.07 Å². The molecule has 1 aliphatic carbocycles. The number of nitrogens with one attached hydrogen (secondary N) is 1. The van der Waals surface area contributed by atoms with Crippen LogP contribution >= 0.6 is 0 Å². The lowest BCUT2D eigenvalue weighted by Gasteiger charge is -2.12. The van der Waals surface area contributed by atoms with Crippen molar-refractivity contribution in [1.29, 1.82) is 0 Å². The summed E-state index contributed by atoms with van der Waals surface area (Å²) in [5.74, 6) is 0.706. The van der Waals surface area contributed by atoms with Crippen molar-refractivity contribution in [3.05, 3.63) is 47.7 Å². The lowest BCUT2D eigenvalue weighted by molar-refractivity contribution is -0.0512. The minimum Gasteiger partial charge on any atom is -0.493 e. The molecule has 0 aliphatic heterocycles. The Hall–Kier alpha value is -2.90. The molecule has 1 fully saturated rings. The predicted octanol–water partition coefficient (Wildman–Crippen LogP) is 3.41. The second-order valence-electron chi connectivity index (χ2n) is 6.19. The van der Waals surface area contributed by atoms with E-state index in [2.05, 4.69) is 15.0 Å². The van der Waals surface area contributed by atoms with Gasteiger partial charge < -0.3 is 19.5 Å². The number of carbonyl (C=O) groups is 1. The van der Waals surface area contributed by atoms with Crippen molar-refractivity contribution >= 4 is 5.91 Å². The summed E-state index contributed by atoms with van der Waals surface area (Å²) in [5, 5.41) is 2.71. The Kier molecular flexibility index (Phi) is 6.05. The molecule has 0 unspecified atom stereocenters. The van der Waals surface area contributed by atoms with Gasteiger partial charge in [-0.15, -0.1) is 0 Å². The summed E-state index contributed by atoms with van der Waals surface area (Å²) in [6, 6.07) is 7.66. The molecule has 144 valence electrons. The first-order chi connectivity index (χ1) is 13.0. The van der Waals surface area contributed by atoms with E-state index < -0.39 is 12.5 Å². The summed E-state index contributed by atoms with van der Waals surface area (Å²) >= 11 is 0. The van der Waals surface area contributed by atoms with Crippen molar-refractivity contribution in [2.75, 3.05) is 13.7 Å². The average molecular weight is 378 g/mol. The monoisotopic (exact) mass is 378 g/mol. The molecule has 1 aromatic heterocycles. The van der Waals surface area contributed by atoms with Crippen LogP contribution in [-0.4, -0.2) is 31.2 Å². The van der Waals surface area contributed by atoms with E-state index in [1.807, 2.05) is 6.07 Å². The van der Waals surface area contributed by atoms with Gasteiger partial charge in [-0.25, -0.2) is 4.98 Å². The predicted molar refractivity (Wildman–Crippen MR) is 93.3 cm³/mol. The zero-order valence-electron chi connectivity index (χ0n) is 14.8. The van der Waals surface area contributed by atoms with Gasteiger partial charge in [0.1, 0.15) is 0 Å². The van der Waals surface area contributed by atoms with Crippen LogP contribution in [0.4, 0.5) is 8.78 Å². The van der Waals surface area contributed by atoms with Crippen LogP contribution in [-0.2, 0) is 6.54 Å². The largest absolute Gasteiger partial charge is 0.493 e. The second kappa shape index (κ2) is 8.66. The van der Waals surface area contributed by atoms with E-state index in [9.17, 15) is 13.6 Å². The minimum atomic E-state index is -3.01. The van der Waals surface area contributed by atoms with E-state index in [4.69, 9.17) is 9.47 Å². The van der Waals surface area contributed by atoms with Crippen molar-refractivity contribution in [3.8, 4) is 17.4 Å². The first kappa shape index (κ1) is 18.9. The number of nitrogens with zero attached hydrogens (tertiary/aromatic N) is 1. The number of aromatic nitrogens is 1. The molecular formula is C19H20F2N2O4. The summed E-state index contributed by atoms with van der Waals surface area (Å²) in [6.07, 6.45) is 4.04. The standard InChI is InChI=1S/C19H20F2N2O4/c1-25-15-6-5-14(8-16(15)27-19(20)21)18(24)23-10-13-4-7-17(22-9-13)26-11-12-2-3-12/h4-9,12,19H,2-3,10-11H2,1H3,(H,23,24). The Morgan fingerprint density at radius 3 is 2.70 bits per heavy atom. The number of benzene rings is 1. The maximum Gasteiger partial charge on any atom is 0.387 e. The number of halogens is 2. The van der Waals surface area contributed by atoms with Crippen LogP contribution < -0.4 is 19.5 Å². The van der Waals surface area contributed by atoms with Gasteiger partial charge >= 0.3 is 6.61 Å². The zero-order valence-corrected chi connectivity index (χ0v) is 14.8. The van der Waals surface area contributed by atoms with E-state index in [-0.39, 0.29) is 23.6 Å². The topological polar surface area (TPSA) is 69.7 Å². The number of rotatable bonds is 9. The molecular weight excluding hydrogens is 358 g/mol. The summed E-state index contributed by atoms with van der Waals surface area (Å²) < 4.78 is 39.9. The molecule has 2 aromatic rings. The lowest BCUT2D eigenvalue weighted by Crippen LogP contribution is -2.23. The fourth-order valence-electron chi connectivity index (χ4n) is 2.38. The highest BCUT2D eigenvalue weighted by atomic mass is 19.3. The van der Waals surface area contributed by atoms with E-state index in [1.165, 1.54) is 38.2 Å². The maximum atomic E-state index is 12.5. The van der Waals surface area contributed by atoms with Gasteiger partial charge in [0, 0.05) is 24.4 Å². The second-order valence-corrected chi connectivity index (χ2v) is 6.19. The first-order valence-electron chi connectivity index (χ1n) is 8.54. The fraction of sp³-hybridized carbons (Fsp3) is 0.368. The first-order valence-corrected chi connectivity index (χ1v) is 8.54. The summed E-state index contributed by atoms with van der Waals surface area (Å²) in [6.45, 7) is -2.08. The quantitative estimate of drug-likeness (QED) is 0.724. The van der Waals surface area contributed by atoms with Crippen LogP contribution in [0.15, 0.2) is 36.5 Å². The van der Waals surface area contributed by atoms with Crippen molar-refractivity contribution in [1.82, 2.24) is 10.3 Å². The van der Waals surface area contributed by atoms with Gasteiger partial charge in [0.2, 0.25) is 5.88 Å². The highest BCUT2D eigenvalue weighted by molar-refractivity contribution is 5.94. The van der Waals surface area contributed by atoms with Crippen LogP contribution in [0.25, 0.3) is 0 Å². The number of methoxy groups -OCH3 is 1. The van der Waals surface area contributed by atoms with E-state index in [1.54, 1.807) is 12.3 Å². The molecule has 1 aromatic carbocycles. The Balaban J connectivity index is 1.56. The number of pyridine rings is 1. The molecule has 0 radical (unpaired) electrons. The molecule has 3 rings (SSSR count). The molecule has 1 aliphatic rings. The van der Waals surface area contributed by atoms with Gasteiger partial charge in [-0.2, -0.15) is 8.78 Å². The van der Waals surface area contributed by atoms with Gasteiger partial charge in [0.15, 0.2) is 11.5 Å². The van der Waals surface area contributed by atoms with E-state index in [0.29, 0.717) is 18.4 Å². The number of alkyl halides is 2. The molecule has 1 N–H and O–H groups in total. The number of amides is 1. The maximum absolute atomic E-state index is 12.5. The summed E-state index contributed by atoms with van der Waals surface area (Å²) in [4.78, 5) is 16.5. The Morgan fingerprint density at radius 1 is 1.26 bits per heavy atom. The van der Waals surface area contributed by atoms with Gasteiger partial charge in [-0.05, 0) is 42.5 Å². The smallest absolute Gasteiger partial charge is 0.387 e. The zero-order chi connectivity index (χ0) is 19.2. The minimum absolute atomic E-state index is 0.123. The highest BCUT2D eigenvalue weighted by Crippen LogP contribution is 2.30. The van der Waals surface area contributed by atoms with Crippen LogP contribution in [0.5, 0.6) is 17.4 Å². The Morgan fingerprint density at radius 2 is 2.07 bits per heavy atom. The summed E-state index contributed by atoms with van der Waals surface area (Å²) in [7, 11) is 1.33. The molecule has 8 heteroatoms. The van der Waals surface area contributed by atoms with Crippen LogP contribution in [0, 0.1) is 5.92 Å². The van der Waals surface area contributed by atoms with Crippen LogP contribution in [0.3, 0.4) is 0 Å². The average Bonchev–Trinajstić information content (AvgIpc) is 3.49. The number of carbonyl (C=O) groups excluding carboxylic acids is 1. The molecule has 0 bridgehead atoms. The van der Waals surface area contributed by atoms with Gasteiger partial charge in [0.05, 0.1) is 13.7 Å². The van der Waals surface area contributed by atoms with Crippen LogP contribution in [0.1, 0.15) is 28.8 Å². The van der Waals surface area contributed by atoms with Crippen molar-refractivity contribution in [2.45, 2.75) is 26.0 Å². The third-order valence-corrected chi connectivity index (χ3v) is 4.06.